The first-order chi connectivity index (χ1) is 11.9. The summed E-state index contributed by atoms with van der Waals surface area (Å²) in [5, 5.41) is 2.83. The number of aromatic nitrogens is 2. The number of ether oxygens (including phenoxy) is 1. The predicted molar refractivity (Wildman–Crippen MR) is 87.4 cm³/mol. The van der Waals surface area contributed by atoms with Gasteiger partial charge >= 0.3 is 0 Å². The Balaban J connectivity index is 1.63. The second kappa shape index (κ2) is 6.98. The number of carbonyl (C=O) groups excluding carboxylic acids is 1. The third kappa shape index (κ3) is 4.00. The van der Waals surface area contributed by atoms with Crippen LogP contribution in [-0.4, -0.2) is 21.4 Å². The predicted octanol–water partition coefficient (Wildman–Crippen LogP) is 3.79. The van der Waals surface area contributed by atoms with Crippen LogP contribution in [0.15, 0.2) is 34.7 Å². The molecule has 1 N–H and O–H groups in total. The molecule has 0 bridgehead atoms. The maximum atomic E-state index is 13.2. The minimum Gasteiger partial charge on any atom is -0.481 e. The zero-order chi connectivity index (χ0) is 18.0. The summed E-state index contributed by atoms with van der Waals surface area (Å²) in [5.41, 5.74) is 0. The van der Waals surface area contributed by atoms with Crippen molar-refractivity contribution in [1.82, 2.24) is 9.36 Å². The summed E-state index contributed by atoms with van der Waals surface area (Å²) in [6, 6.07) is 6.56. The van der Waals surface area contributed by atoms with Crippen molar-refractivity contribution in [2.24, 2.45) is 0 Å². The Morgan fingerprint density at radius 2 is 2.08 bits per heavy atom. The number of halogens is 2. The van der Waals surface area contributed by atoms with E-state index in [4.69, 9.17) is 9.15 Å². The molecule has 1 aromatic carbocycles. The van der Waals surface area contributed by atoms with Gasteiger partial charge in [0.05, 0.1) is 0 Å². The SMILES string of the molecule is Cc1ccc(-c2nsc(NC(=O)C(C)Oc3ccc(F)c(F)c3)n2)o1. The zero-order valence-electron chi connectivity index (χ0n) is 13.2. The Morgan fingerprint density at radius 1 is 1.28 bits per heavy atom. The van der Waals surface area contributed by atoms with E-state index in [0.717, 1.165) is 29.4 Å². The molecule has 3 aromatic rings. The molecule has 1 atom stereocenters. The van der Waals surface area contributed by atoms with E-state index in [1.54, 1.807) is 19.1 Å². The highest BCUT2D eigenvalue weighted by Gasteiger charge is 2.18. The van der Waals surface area contributed by atoms with Crippen LogP contribution in [0.25, 0.3) is 11.6 Å². The number of rotatable bonds is 5. The van der Waals surface area contributed by atoms with Gasteiger partial charge in [-0.2, -0.15) is 9.36 Å². The minimum atomic E-state index is -1.05. The smallest absolute Gasteiger partial charge is 0.266 e. The molecule has 0 radical (unpaired) electrons. The molecule has 0 aliphatic heterocycles. The molecule has 0 fully saturated rings. The van der Waals surface area contributed by atoms with Gasteiger partial charge in [-0.05, 0) is 38.1 Å². The Labute approximate surface area is 145 Å². The molecule has 0 saturated heterocycles. The number of nitrogens with one attached hydrogen (secondary N) is 1. The summed E-state index contributed by atoms with van der Waals surface area (Å²) in [6.45, 7) is 3.28. The van der Waals surface area contributed by atoms with Crippen LogP contribution in [-0.2, 0) is 4.79 Å². The van der Waals surface area contributed by atoms with Crippen molar-refractivity contribution in [2.45, 2.75) is 20.0 Å². The van der Waals surface area contributed by atoms with Crippen LogP contribution >= 0.6 is 11.5 Å². The van der Waals surface area contributed by atoms with E-state index in [9.17, 15) is 13.6 Å². The Morgan fingerprint density at radius 3 is 2.76 bits per heavy atom. The van der Waals surface area contributed by atoms with E-state index >= 15 is 0 Å². The molecule has 1 unspecified atom stereocenters. The molecular weight excluding hydrogens is 352 g/mol. The van der Waals surface area contributed by atoms with Gasteiger partial charge in [0.25, 0.3) is 5.91 Å². The molecule has 0 spiro atoms. The third-order valence-electron chi connectivity index (χ3n) is 3.19. The summed E-state index contributed by atoms with van der Waals surface area (Å²) in [7, 11) is 0. The van der Waals surface area contributed by atoms with Crippen molar-refractivity contribution in [1.29, 1.82) is 0 Å². The van der Waals surface area contributed by atoms with Crippen molar-refractivity contribution in [3.63, 3.8) is 0 Å². The Kier molecular flexibility index (Phi) is 4.75. The number of hydrogen-bond donors (Lipinski definition) is 1. The summed E-state index contributed by atoms with van der Waals surface area (Å²) < 4.78 is 40.9. The lowest BCUT2D eigenvalue weighted by Gasteiger charge is -2.13. The van der Waals surface area contributed by atoms with Crippen LogP contribution in [0.5, 0.6) is 5.75 Å². The van der Waals surface area contributed by atoms with Crippen LogP contribution in [0.2, 0.25) is 0 Å². The van der Waals surface area contributed by atoms with Gasteiger partial charge in [-0.1, -0.05) is 0 Å². The van der Waals surface area contributed by atoms with Crippen LogP contribution in [0.4, 0.5) is 13.9 Å². The topological polar surface area (TPSA) is 77.2 Å². The lowest BCUT2D eigenvalue weighted by molar-refractivity contribution is -0.122. The molecule has 25 heavy (non-hydrogen) atoms. The number of carbonyl (C=O) groups is 1. The average Bonchev–Trinajstić information content (AvgIpc) is 3.19. The van der Waals surface area contributed by atoms with Crippen molar-refractivity contribution >= 4 is 22.6 Å². The van der Waals surface area contributed by atoms with Gasteiger partial charge in [0.1, 0.15) is 11.5 Å². The highest BCUT2D eigenvalue weighted by atomic mass is 32.1. The lowest BCUT2D eigenvalue weighted by atomic mass is 10.3. The highest BCUT2D eigenvalue weighted by molar-refractivity contribution is 7.10. The maximum absolute atomic E-state index is 13.2. The van der Waals surface area contributed by atoms with E-state index in [1.165, 1.54) is 13.0 Å². The van der Waals surface area contributed by atoms with Crippen LogP contribution in [0, 0.1) is 18.6 Å². The summed E-state index contributed by atoms with van der Waals surface area (Å²) in [5.74, 6) is -0.896. The molecule has 1 amide bonds. The van der Waals surface area contributed by atoms with Gasteiger partial charge in [-0.25, -0.2) is 8.78 Å². The van der Waals surface area contributed by atoms with Crippen molar-refractivity contribution in [3.05, 3.63) is 47.7 Å². The average molecular weight is 365 g/mol. The summed E-state index contributed by atoms with van der Waals surface area (Å²) >= 11 is 0.992. The third-order valence-corrected chi connectivity index (χ3v) is 3.82. The fraction of sp³-hybridized carbons (Fsp3) is 0.188. The largest absolute Gasteiger partial charge is 0.481 e. The molecule has 0 aliphatic carbocycles. The van der Waals surface area contributed by atoms with Crippen LogP contribution in [0.1, 0.15) is 12.7 Å². The first-order valence-electron chi connectivity index (χ1n) is 7.25. The molecule has 2 aromatic heterocycles. The number of hydrogen-bond acceptors (Lipinski definition) is 6. The van der Waals surface area contributed by atoms with Crippen molar-refractivity contribution in [3.8, 4) is 17.3 Å². The zero-order valence-corrected chi connectivity index (χ0v) is 14.1. The monoisotopic (exact) mass is 365 g/mol. The van der Waals surface area contributed by atoms with Crippen molar-refractivity contribution in [2.75, 3.05) is 5.32 Å². The first-order valence-corrected chi connectivity index (χ1v) is 8.03. The van der Waals surface area contributed by atoms with Gasteiger partial charge < -0.3 is 9.15 Å². The van der Waals surface area contributed by atoms with Gasteiger partial charge in [-0.3, -0.25) is 10.1 Å². The number of amides is 1. The second-order valence-electron chi connectivity index (χ2n) is 5.16. The maximum Gasteiger partial charge on any atom is 0.266 e. The number of nitrogens with zero attached hydrogens (tertiary/aromatic N) is 2. The standard InChI is InChI=1S/C16H13F2N3O3S/c1-8-3-6-13(23-8)14-19-16(25-21-14)20-15(22)9(2)24-10-4-5-11(17)12(18)7-10/h3-7,9H,1-2H3,(H,19,20,21,22). The molecule has 3 rings (SSSR count). The van der Waals surface area contributed by atoms with E-state index in [2.05, 4.69) is 14.7 Å². The van der Waals surface area contributed by atoms with Gasteiger partial charge in [0.2, 0.25) is 11.0 Å². The van der Waals surface area contributed by atoms with Crippen LogP contribution in [0.3, 0.4) is 0 Å². The van der Waals surface area contributed by atoms with Gasteiger partial charge in [0, 0.05) is 17.6 Å². The summed E-state index contributed by atoms with van der Waals surface area (Å²) in [4.78, 5) is 16.3. The highest BCUT2D eigenvalue weighted by Crippen LogP contribution is 2.23. The fourth-order valence-electron chi connectivity index (χ4n) is 1.94. The molecule has 0 saturated carbocycles. The molecule has 2 heterocycles. The van der Waals surface area contributed by atoms with E-state index in [-0.39, 0.29) is 10.9 Å². The number of aryl methyl sites for hydroxylation is 1. The molecular formula is C16H13F2N3O3S. The van der Waals surface area contributed by atoms with E-state index in [0.29, 0.717) is 11.6 Å². The lowest BCUT2D eigenvalue weighted by Crippen LogP contribution is -2.30. The number of furan rings is 1. The van der Waals surface area contributed by atoms with Crippen LogP contribution < -0.4 is 10.1 Å². The number of anilines is 1. The molecule has 0 aliphatic rings. The van der Waals surface area contributed by atoms with E-state index < -0.39 is 23.6 Å². The molecule has 9 heteroatoms. The molecule has 130 valence electrons. The van der Waals surface area contributed by atoms with Gasteiger partial charge in [-0.15, -0.1) is 0 Å². The minimum absolute atomic E-state index is 0.0468. The van der Waals surface area contributed by atoms with Crippen molar-refractivity contribution < 1.29 is 22.7 Å². The second-order valence-corrected chi connectivity index (χ2v) is 5.91. The quantitative estimate of drug-likeness (QED) is 0.744. The van der Waals surface area contributed by atoms with E-state index in [1.807, 2.05) is 0 Å². The Hall–Kier alpha value is -2.81. The fourth-order valence-corrected chi connectivity index (χ4v) is 2.52. The normalized spacial score (nSPS) is 12.0. The summed E-state index contributed by atoms with van der Waals surface area (Å²) in [6.07, 6.45) is -0.942. The Bertz CT molecular complexity index is 910. The first kappa shape index (κ1) is 17.0. The number of benzene rings is 1. The van der Waals surface area contributed by atoms with Gasteiger partial charge in [0.15, 0.2) is 23.5 Å². The molecule has 6 nitrogen and oxygen atoms in total.